The number of hydrogen-bond donors (Lipinski definition) is 0. The molecule has 2 aliphatic heterocycles. The average Bonchev–Trinajstić information content (AvgIpc) is 3.10. The SMILES string of the molecule is Cc1cc(CN2C[C@H]3CCN(c4ncccn4)C[C@H]3C2)n(C)n1. The summed E-state index contributed by atoms with van der Waals surface area (Å²) < 4.78 is 2.02. The first-order valence-corrected chi connectivity index (χ1v) is 8.43. The van der Waals surface area contributed by atoms with Gasteiger partial charge in [0.25, 0.3) is 0 Å². The first-order chi connectivity index (χ1) is 11.2. The topological polar surface area (TPSA) is 50.1 Å². The lowest BCUT2D eigenvalue weighted by molar-refractivity contribution is 0.305. The zero-order valence-electron chi connectivity index (χ0n) is 13.9. The minimum absolute atomic E-state index is 0.724. The maximum absolute atomic E-state index is 4.46. The van der Waals surface area contributed by atoms with Crippen molar-refractivity contribution in [3.63, 3.8) is 0 Å². The Kier molecular flexibility index (Phi) is 3.77. The van der Waals surface area contributed by atoms with E-state index < -0.39 is 0 Å². The van der Waals surface area contributed by atoms with Crippen LogP contribution in [0.15, 0.2) is 24.5 Å². The number of nitrogens with zero attached hydrogens (tertiary/aromatic N) is 6. The summed E-state index contributed by atoms with van der Waals surface area (Å²) >= 11 is 0. The monoisotopic (exact) mass is 312 g/mol. The summed E-state index contributed by atoms with van der Waals surface area (Å²) in [6.45, 7) is 7.59. The Morgan fingerprint density at radius 1 is 1.13 bits per heavy atom. The number of fused-ring (bicyclic) bond motifs is 1. The van der Waals surface area contributed by atoms with Gasteiger partial charge in [-0.05, 0) is 37.3 Å². The number of aryl methyl sites for hydroxylation is 2. The van der Waals surface area contributed by atoms with Gasteiger partial charge in [0, 0.05) is 52.2 Å². The number of anilines is 1. The molecule has 122 valence electrons. The molecule has 6 heteroatoms. The lowest BCUT2D eigenvalue weighted by Gasteiger charge is -2.34. The molecule has 4 heterocycles. The number of likely N-dealkylation sites (tertiary alicyclic amines) is 1. The number of piperidine rings is 1. The van der Waals surface area contributed by atoms with Crippen molar-refractivity contribution >= 4 is 5.95 Å². The Bertz CT molecular complexity index is 667. The Morgan fingerprint density at radius 2 is 1.91 bits per heavy atom. The molecule has 2 aromatic heterocycles. The van der Waals surface area contributed by atoms with Crippen LogP contribution >= 0.6 is 0 Å². The van der Waals surface area contributed by atoms with Gasteiger partial charge >= 0.3 is 0 Å². The molecule has 0 bridgehead atoms. The second-order valence-electron chi connectivity index (χ2n) is 6.90. The largest absolute Gasteiger partial charge is 0.340 e. The Labute approximate surface area is 137 Å². The van der Waals surface area contributed by atoms with Gasteiger partial charge in [-0.3, -0.25) is 9.58 Å². The Hall–Kier alpha value is -1.95. The van der Waals surface area contributed by atoms with Crippen molar-refractivity contribution in [2.75, 3.05) is 31.1 Å². The third-order valence-corrected chi connectivity index (χ3v) is 5.20. The summed E-state index contributed by atoms with van der Waals surface area (Å²) in [6.07, 6.45) is 4.91. The molecule has 2 aromatic rings. The van der Waals surface area contributed by atoms with E-state index in [1.165, 1.54) is 18.7 Å². The normalized spacial score (nSPS) is 24.9. The summed E-state index contributed by atoms with van der Waals surface area (Å²) in [5.74, 6) is 2.41. The molecule has 0 amide bonds. The van der Waals surface area contributed by atoms with Crippen LogP contribution in [0.3, 0.4) is 0 Å². The van der Waals surface area contributed by atoms with Gasteiger partial charge in [-0.1, -0.05) is 0 Å². The first kappa shape index (κ1) is 14.6. The van der Waals surface area contributed by atoms with Crippen LogP contribution in [-0.4, -0.2) is 50.8 Å². The van der Waals surface area contributed by atoms with Crippen molar-refractivity contribution in [3.05, 3.63) is 35.9 Å². The van der Waals surface area contributed by atoms with Crippen molar-refractivity contribution in [3.8, 4) is 0 Å². The van der Waals surface area contributed by atoms with Gasteiger partial charge in [-0.15, -0.1) is 0 Å². The highest BCUT2D eigenvalue weighted by molar-refractivity contribution is 5.29. The number of hydrogen-bond acceptors (Lipinski definition) is 5. The van der Waals surface area contributed by atoms with Crippen molar-refractivity contribution in [1.82, 2.24) is 24.6 Å². The van der Waals surface area contributed by atoms with Gasteiger partial charge in [-0.25, -0.2) is 9.97 Å². The highest BCUT2D eigenvalue weighted by Crippen LogP contribution is 2.33. The van der Waals surface area contributed by atoms with E-state index in [0.717, 1.165) is 49.7 Å². The molecule has 0 aromatic carbocycles. The zero-order chi connectivity index (χ0) is 15.8. The van der Waals surface area contributed by atoms with Crippen LogP contribution in [0, 0.1) is 18.8 Å². The second kappa shape index (κ2) is 5.92. The number of aromatic nitrogens is 4. The third kappa shape index (κ3) is 2.95. The fourth-order valence-corrected chi connectivity index (χ4v) is 4.07. The number of rotatable bonds is 3. The molecule has 2 saturated heterocycles. The highest BCUT2D eigenvalue weighted by Gasteiger charge is 2.37. The van der Waals surface area contributed by atoms with E-state index >= 15 is 0 Å². The quantitative estimate of drug-likeness (QED) is 0.859. The molecular weight excluding hydrogens is 288 g/mol. The first-order valence-electron chi connectivity index (χ1n) is 8.43. The maximum Gasteiger partial charge on any atom is 0.225 e. The van der Waals surface area contributed by atoms with E-state index in [9.17, 15) is 0 Å². The fraction of sp³-hybridized carbons (Fsp3) is 0.588. The Morgan fingerprint density at radius 3 is 2.65 bits per heavy atom. The van der Waals surface area contributed by atoms with Gasteiger partial charge in [0.05, 0.1) is 11.4 Å². The maximum atomic E-state index is 4.46. The van der Waals surface area contributed by atoms with E-state index in [1.807, 2.05) is 30.2 Å². The zero-order valence-corrected chi connectivity index (χ0v) is 13.9. The lowest BCUT2D eigenvalue weighted by Crippen LogP contribution is -2.40. The predicted molar refractivity (Wildman–Crippen MR) is 89.1 cm³/mol. The smallest absolute Gasteiger partial charge is 0.225 e. The average molecular weight is 312 g/mol. The van der Waals surface area contributed by atoms with E-state index in [0.29, 0.717) is 0 Å². The van der Waals surface area contributed by atoms with Gasteiger partial charge in [0.2, 0.25) is 5.95 Å². The summed E-state index contributed by atoms with van der Waals surface area (Å²) in [6, 6.07) is 4.08. The van der Waals surface area contributed by atoms with Gasteiger partial charge in [0.1, 0.15) is 0 Å². The fourth-order valence-electron chi connectivity index (χ4n) is 4.07. The summed E-state index contributed by atoms with van der Waals surface area (Å²) in [5.41, 5.74) is 2.41. The minimum Gasteiger partial charge on any atom is -0.340 e. The van der Waals surface area contributed by atoms with Crippen LogP contribution in [0.1, 0.15) is 17.8 Å². The minimum atomic E-state index is 0.724. The van der Waals surface area contributed by atoms with Crippen LogP contribution in [0.2, 0.25) is 0 Å². The van der Waals surface area contributed by atoms with Gasteiger partial charge in [0.15, 0.2) is 0 Å². The lowest BCUT2D eigenvalue weighted by atomic mass is 9.89. The van der Waals surface area contributed by atoms with Crippen LogP contribution in [0.5, 0.6) is 0 Å². The predicted octanol–water partition coefficient (Wildman–Crippen LogP) is 1.48. The van der Waals surface area contributed by atoms with Crippen LogP contribution in [0.25, 0.3) is 0 Å². The molecule has 2 atom stereocenters. The van der Waals surface area contributed by atoms with E-state index in [4.69, 9.17) is 0 Å². The van der Waals surface area contributed by atoms with E-state index in [1.54, 1.807) is 0 Å². The second-order valence-corrected chi connectivity index (χ2v) is 6.90. The van der Waals surface area contributed by atoms with Crippen LogP contribution in [-0.2, 0) is 13.6 Å². The van der Waals surface area contributed by atoms with E-state index in [-0.39, 0.29) is 0 Å². The van der Waals surface area contributed by atoms with Crippen LogP contribution in [0.4, 0.5) is 5.95 Å². The molecule has 23 heavy (non-hydrogen) atoms. The highest BCUT2D eigenvalue weighted by atomic mass is 15.3. The molecule has 4 rings (SSSR count). The molecule has 0 N–H and O–H groups in total. The van der Waals surface area contributed by atoms with Crippen molar-refractivity contribution in [2.24, 2.45) is 18.9 Å². The van der Waals surface area contributed by atoms with Crippen molar-refractivity contribution in [1.29, 1.82) is 0 Å². The molecular formula is C17H24N6. The van der Waals surface area contributed by atoms with Gasteiger partial charge < -0.3 is 4.90 Å². The molecule has 2 fully saturated rings. The molecule has 2 aliphatic rings. The Balaban J connectivity index is 1.41. The van der Waals surface area contributed by atoms with Crippen molar-refractivity contribution < 1.29 is 0 Å². The molecule has 0 unspecified atom stereocenters. The molecule has 0 saturated carbocycles. The summed E-state index contributed by atoms with van der Waals surface area (Å²) in [7, 11) is 2.04. The molecule has 6 nitrogen and oxygen atoms in total. The standard InChI is InChI=1S/C17H24N6/c1-13-8-16(21(2)20-13)12-22-9-14-4-7-23(11-15(14)10-22)17-18-5-3-6-19-17/h3,5-6,8,14-15H,4,7,9-12H2,1-2H3/t14-,15-/m1/s1. The molecule has 0 spiro atoms. The molecule has 0 aliphatic carbocycles. The van der Waals surface area contributed by atoms with E-state index in [2.05, 4.69) is 37.9 Å². The van der Waals surface area contributed by atoms with Crippen LogP contribution < -0.4 is 4.90 Å². The summed E-state index contributed by atoms with van der Waals surface area (Å²) in [5, 5.41) is 4.46. The summed E-state index contributed by atoms with van der Waals surface area (Å²) in [4.78, 5) is 13.7. The van der Waals surface area contributed by atoms with Gasteiger partial charge in [-0.2, -0.15) is 5.10 Å². The molecule has 0 radical (unpaired) electrons. The third-order valence-electron chi connectivity index (χ3n) is 5.20. The van der Waals surface area contributed by atoms with Crippen molar-refractivity contribution in [2.45, 2.75) is 19.9 Å².